The standard InChI is InChI=1S/C21H23NO4/c23-14-9-10-25-15(11-14)12-22-21(24)26-13-20-18-7-3-1-5-16(18)17-6-2-4-8-19(17)20/h1-8,14-15,20,23H,9-13H2,(H,22,24)/t14-,15+/m1/s1. The lowest BCUT2D eigenvalue weighted by molar-refractivity contribution is -0.0415. The van der Waals surface area contributed by atoms with Crippen molar-refractivity contribution < 1.29 is 19.4 Å². The number of benzene rings is 2. The number of ether oxygens (including phenoxy) is 2. The van der Waals surface area contributed by atoms with Crippen molar-refractivity contribution in [2.45, 2.75) is 31.0 Å². The van der Waals surface area contributed by atoms with E-state index in [9.17, 15) is 9.90 Å². The van der Waals surface area contributed by atoms with E-state index in [1.165, 1.54) is 22.3 Å². The van der Waals surface area contributed by atoms with Gasteiger partial charge in [0.05, 0.1) is 12.2 Å². The van der Waals surface area contributed by atoms with Gasteiger partial charge in [-0.25, -0.2) is 4.79 Å². The van der Waals surface area contributed by atoms with E-state index in [4.69, 9.17) is 9.47 Å². The molecule has 0 unspecified atom stereocenters. The second-order valence-corrected chi connectivity index (χ2v) is 6.88. The SMILES string of the molecule is O=C(NC[C@@H]1C[C@H](O)CCO1)OCC1c2ccccc2-c2ccccc21. The van der Waals surface area contributed by atoms with Crippen LogP contribution in [0.15, 0.2) is 48.5 Å². The van der Waals surface area contributed by atoms with Crippen LogP contribution in [0.4, 0.5) is 4.79 Å². The van der Waals surface area contributed by atoms with Gasteiger partial charge >= 0.3 is 6.09 Å². The van der Waals surface area contributed by atoms with Gasteiger partial charge < -0.3 is 19.9 Å². The maximum Gasteiger partial charge on any atom is 0.407 e. The third kappa shape index (κ3) is 3.45. The number of fused-ring (bicyclic) bond motifs is 3. The summed E-state index contributed by atoms with van der Waals surface area (Å²) in [4.78, 5) is 12.1. The maximum absolute atomic E-state index is 12.1. The van der Waals surface area contributed by atoms with E-state index in [0.717, 1.165) is 0 Å². The van der Waals surface area contributed by atoms with Crippen molar-refractivity contribution in [2.75, 3.05) is 19.8 Å². The Bertz CT molecular complexity index is 746. The van der Waals surface area contributed by atoms with Gasteiger partial charge in [-0.15, -0.1) is 0 Å². The number of hydrogen-bond donors (Lipinski definition) is 2. The average Bonchev–Trinajstić information content (AvgIpc) is 2.99. The second kappa shape index (κ2) is 7.48. The summed E-state index contributed by atoms with van der Waals surface area (Å²) in [5.41, 5.74) is 4.81. The van der Waals surface area contributed by atoms with Crippen molar-refractivity contribution in [2.24, 2.45) is 0 Å². The number of rotatable bonds is 4. The van der Waals surface area contributed by atoms with E-state index in [2.05, 4.69) is 29.6 Å². The van der Waals surface area contributed by atoms with Gasteiger partial charge in [0.2, 0.25) is 0 Å². The highest BCUT2D eigenvalue weighted by Crippen LogP contribution is 2.44. The second-order valence-electron chi connectivity index (χ2n) is 6.88. The predicted octanol–water partition coefficient (Wildman–Crippen LogP) is 3.07. The van der Waals surface area contributed by atoms with Crippen molar-refractivity contribution in [1.82, 2.24) is 5.32 Å². The number of hydrogen-bond acceptors (Lipinski definition) is 4. The van der Waals surface area contributed by atoms with Gasteiger partial charge in [-0.1, -0.05) is 48.5 Å². The summed E-state index contributed by atoms with van der Waals surface area (Å²) in [6, 6.07) is 16.5. The zero-order valence-corrected chi connectivity index (χ0v) is 14.6. The molecule has 26 heavy (non-hydrogen) atoms. The molecular formula is C21H23NO4. The molecule has 5 heteroatoms. The summed E-state index contributed by atoms with van der Waals surface area (Å²) in [5, 5.41) is 12.4. The van der Waals surface area contributed by atoms with Crippen LogP contribution >= 0.6 is 0 Å². The third-order valence-corrected chi connectivity index (χ3v) is 5.16. The van der Waals surface area contributed by atoms with Crippen molar-refractivity contribution in [1.29, 1.82) is 0 Å². The number of nitrogens with one attached hydrogen (secondary N) is 1. The molecule has 1 saturated heterocycles. The molecule has 0 aromatic heterocycles. The van der Waals surface area contributed by atoms with Crippen LogP contribution in [0, 0.1) is 0 Å². The van der Waals surface area contributed by atoms with Crippen LogP contribution in [0.3, 0.4) is 0 Å². The lowest BCUT2D eigenvalue weighted by Crippen LogP contribution is -2.39. The topological polar surface area (TPSA) is 67.8 Å². The Kier molecular flexibility index (Phi) is 4.91. The first-order valence-electron chi connectivity index (χ1n) is 9.11. The lowest BCUT2D eigenvalue weighted by atomic mass is 9.98. The van der Waals surface area contributed by atoms with Crippen molar-refractivity contribution >= 4 is 6.09 Å². The third-order valence-electron chi connectivity index (χ3n) is 5.16. The molecule has 2 N–H and O–H groups in total. The molecule has 0 saturated carbocycles. The minimum atomic E-state index is -0.449. The number of alkyl carbamates (subject to hydrolysis) is 1. The van der Waals surface area contributed by atoms with Crippen LogP contribution in [0.5, 0.6) is 0 Å². The van der Waals surface area contributed by atoms with Crippen molar-refractivity contribution in [3.05, 3.63) is 59.7 Å². The van der Waals surface area contributed by atoms with Crippen LogP contribution in [0.2, 0.25) is 0 Å². The average molecular weight is 353 g/mol. The first-order valence-corrected chi connectivity index (χ1v) is 9.11. The van der Waals surface area contributed by atoms with Gasteiger partial charge in [0, 0.05) is 25.5 Å². The van der Waals surface area contributed by atoms with Gasteiger partial charge in [-0.05, 0) is 28.7 Å². The molecule has 2 atom stereocenters. The Labute approximate surface area is 152 Å². The molecule has 1 fully saturated rings. The van der Waals surface area contributed by atoms with Crippen LogP contribution in [0.25, 0.3) is 11.1 Å². The Morgan fingerprint density at radius 2 is 1.77 bits per heavy atom. The summed E-state index contributed by atoms with van der Waals surface area (Å²) in [5.74, 6) is 0.0564. The fourth-order valence-electron chi connectivity index (χ4n) is 3.85. The van der Waals surface area contributed by atoms with Crippen molar-refractivity contribution in [3.63, 3.8) is 0 Å². The van der Waals surface area contributed by atoms with E-state index < -0.39 is 6.09 Å². The molecule has 4 rings (SSSR count). The molecule has 0 bridgehead atoms. The Hall–Kier alpha value is -2.37. The van der Waals surface area contributed by atoms with Gasteiger partial charge in [0.15, 0.2) is 0 Å². The molecule has 0 radical (unpaired) electrons. The Morgan fingerprint density at radius 1 is 1.12 bits per heavy atom. The van der Waals surface area contributed by atoms with Gasteiger partial charge in [0.1, 0.15) is 6.61 Å². The minimum Gasteiger partial charge on any atom is -0.449 e. The van der Waals surface area contributed by atoms with E-state index >= 15 is 0 Å². The largest absolute Gasteiger partial charge is 0.449 e. The molecule has 1 heterocycles. The Morgan fingerprint density at radius 3 is 2.42 bits per heavy atom. The molecule has 2 aromatic rings. The summed E-state index contributed by atoms with van der Waals surface area (Å²) < 4.78 is 11.0. The van der Waals surface area contributed by atoms with E-state index in [1.807, 2.05) is 24.3 Å². The van der Waals surface area contributed by atoms with Crippen LogP contribution in [-0.4, -0.2) is 43.2 Å². The Balaban J connectivity index is 1.36. The zero-order valence-electron chi connectivity index (χ0n) is 14.6. The number of amides is 1. The summed E-state index contributed by atoms with van der Waals surface area (Å²) in [6.07, 6.45) is 0.248. The number of aliphatic hydroxyl groups excluding tert-OH is 1. The normalized spacial score (nSPS) is 21.7. The summed E-state index contributed by atoms with van der Waals surface area (Å²) >= 11 is 0. The smallest absolute Gasteiger partial charge is 0.407 e. The highest BCUT2D eigenvalue weighted by molar-refractivity contribution is 5.79. The predicted molar refractivity (Wildman–Crippen MR) is 98.1 cm³/mol. The number of aliphatic hydroxyl groups is 1. The molecule has 0 spiro atoms. The van der Waals surface area contributed by atoms with Crippen LogP contribution < -0.4 is 5.32 Å². The van der Waals surface area contributed by atoms with Gasteiger partial charge in [0.25, 0.3) is 0 Å². The molecule has 1 aliphatic heterocycles. The van der Waals surface area contributed by atoms with E-state index in [1.54, 1.807) is 0 Å². The highest BCUT2D eigenvalue weighted by Gasteiger charge is 2.29. The number of carbonyl (C=O) groups is 1. The molecule has 1 aliphatic carbocycles. The van der Waals surface area contributed by atoms with Crippen molar-refractivity contribution in [3.8, 4) is 11.1 Å². The fourth-order valence-corrected chi connectivity index (χ4v) is 3.85. The quantitative estimate of drug-likeness (QED) is 0.886. The molecule has 2 aliphatic rings. The lowest BCUT2D eigenvalue weighted by Gasteiger charge is -2.26. The van der Waals surface area contributed by atoms with E-state index in [0.29, 0.717) is 32.6 Å². The molecule has 136 valence electrons. The molecule has 5 nitrogen and oxygen atoms in total. The minimum absolute atomic E-state index is 0.0564. The first-order chi connectivity index (χ1) is 12.7. The zero-order chi connectivity index (χ0) is 17.9. The molecular weight excluding hydrogens is 330 g/mol. The van der Waals surface area contributed by atoms with E-state index in [-0.39, 0.29) is 18.1 Å². The molecule has 1 amide bonds. The van der Waals surface area contributed by atoms with Gasteiger partial charge in [-0.3, -0.25) is 0 Å². The summed E-state index contributed by atoms with van der Waals surface area (Å²) in [6.45, 7) is 1.18. The monoisotopic (exact) mass is 353 g/mol. The van der Waals surface area contributed by atoms with Crippen LogP contribution in [0.1, 0.15) is 29.9 Å². The maximum atomic E-state index is 12.1. The van der Waals surface area contributed by atoms with Crippen LogP contribution in [-0.2, 0) is 9.47 Å². The first kappa shape index (κ1) is 17.1. The number of carbonyl (C=O) groups excluding carboxylic acids is 1. The molecule has 2 aromatic carbocycles. The fraction of sp³-hybridized carbons (Fsp3) is 0.381. The highest BCUT2D eigenvalue weighted by atomic mass is 16.5. The summed E-state index contributed by atoms with van der Waals surface area (Å²) in [7, 11) is 0. The van der Waals surface area contributed by atoms with Gasteiger partial charge in [-0.2, -0.15) is 0 Å².